The van der Waals surface area contributed by atoms with Gasteiger partial charge < -0.3 is 10.2 Å². The van der Waals surface area contributed by atoms with Crippen LogP contribution in [0.2, 0.25) is 0 Å². The third-order valence-corrected chi connectivity index (χ3v) is 3.51. The first kappa shape index (κ1) is 13.6. The molecule has 0 aliphatic carbocycles. The Morgan fingerprint density at radius 3 is 2.63 bits per heavy atom. The van der Waals surface area contributed by atoms with Gasteiger partial charge in [0.15, 0.2) is 0 Å². The molecule has 1 fully saturated rings. The Morgan fingerprint density at radius 2 is 2.05 bits per heavy atom. The maximum atomic E-state index is 12.2. The van der Waals surface area contributed by atoms with Crippen LogP contribution in [0.5, 0.6) is 0 Å². The van der Waals surface area contributed by atoms with E-state index in [-0.39, 0.29) is 23.9 Å². The summed E-state index contributed by atoms with van der Waals surface area (Å²) in [6.45, 7) is 6.50. The van der Waals surface area contributed by atoms with Crippen molar-refractivity contribution in [1.29, 1.82) is 0 Å². The molecule has 0 saturated carbocycles. The highest BCUT2D eigenvalue weighted by atomic mass is 16.2. The van der Waals surface area contributed by atoms with Gasteiger partial charge in [0, 0.05) is 24.6 Å². The molecule has 1 N–H and O–H groups in total. The molecule has 1 aromatic carbocycles. The Bertz CT molecular complexity index is 497. The average Bonchev–Trinajstić information content (AvgIpc) is 2.70. The Kier molecular flexibility index (Phi) is 3.88. The molecule has 2 amide bonds. The first-order valence-corrected chi connectivity index (χ1v) is 6.65. The Morgan fingerprint density at radius 1 is 1.37 bits per heavy atom. The summed E-state index contributed by atoms with van der Waals surface area (Å²) in [6, 6.07) is 7.58. The third-order valence-electron chi connectivity index (χ3n) is 3.51. The van der Waals surface area contributed by atoms with Crippen molar-refractivity contribution in [3.8, 4) is 0 Å². The Hall–Kier alpha value is -1.84. The average molecular weight is 260 g/mol. The lowest BCUT2D eigenvalue weighted by Gasteiger charge is -2.21. The first-order chi connectivity index (χ1) is 8.99. The van der Waals surface area contributed by atoms with E-state index >= 15 is 0 Å². The van der Waals surface area contributed by atoms with Gasteiger partial charge in [-0.3, -0.25) is 9.59 Å². The number of nitrogens with zero attached hydrogens (tertiary/aromatic N) is 1. The van der Waals surface area contributed by atoms with Gasteiger partial charge in [-0.05, 0) is 32.4 Å². The van der Waals surface area contributed by atoms with E-state index in [2.05, 4.69) is 5.32 Å². The Balaban J connectivity index is 2.02. The molecule has 0 radical (unpaired) electrons. The van der Waals surface area contributed by atoms with E-state index in [1.54, 1.807) is 0 Å². The van der Waals surface area contributed by atoms with Crippen LogP contribution in [0, 0.1) is 6.92 Å². The number of rotatable bonds is 3. The van der Waals surface area contributed by atoms with Crippen LogP contribution in [0.3, 0.4) is 0 Å². The van der Waals surface area contributed by atoms with E-state index in [1.807, 2.05) is 49.9 Å². The molecule has 1 aliphatic heterocycles. The quantitative estimate of drug-likeness (QED) is 0.900. The minimum Gasteiger partial charge on any atom is -0.347 e. The van der Waals surface area contributed by atoms with Crippen LogP contribution in [0.15, 0.2) is 24.3 Å². The van der Waals surface area contributed by atoms with Crippen LogP contribution in [-0.2, 0) is 4.79 Å². The van der Waals surface area contributed by atoms with Gasteiger partial charge in [-0.15, -0.1) is 0 Å². The largest absolute Gasteiger partial charge is 0.347 e. The molecule has 0 bridgehead atoms. The minimum absolute atomic E-state index is 0.0815. The van der Waals surface area contributed by atoms with Gasteiger partial charge in [0.25, 0.3) is 5.91 Å². The minimum atomic E-state index is -0.0958. The van der Waals surface area contributed by atoms with Gasteiger partial charge in [-0.2, -0.15) is 0 Å². The molecule has 1 unspecified atom stereocenters. The predicted molar refractivity (Wildman–Crippen MR) is 73.9 cm³/mol. The van der Waals surface area contributed by atoms with Gasteiger partial charge in [-0.1, -0.05) is 18.2 Å². The number of nitrogens with one attached hydrogen (secondary N) is 1. The van der Waals surface area contributed by atoms with Crippen molar-refractivity contribution >= 4 is 11.8 Å². The zero-order chi connectivity index (χ0) is 14.0. The number of aryl methyl sites for hydroxylation is 1. The van der Waals surface area contributed by atoms with E-state index < -0.39 is 0 Å². The molecule has 102 valence electrons. The maximum Gasteiger partial charge on any atom is 0.251 e. The second kappa shape index (κ2) is 5.43. The van der Waals surface area contributed by atoms with Crippen LogP contribution in [0.25, 0.3) is 0 Å². The summed E-state index contributed by atoms with van der Waals surface area (Å²) >= 11 is 0. The molecular formula is C15H20N2O2. The molecule has 19 heavy (non-hydrogen) atoms. The number of amides is 2. The standard InChI is InChI=1S/C15H20N2O2/c1-10(2)17-9-12(8-14(17)18)16-15(19)13-7-5-4-6-11(13)3/h4-7,10,12H,8-9H2,1-3H3,(H,16,19). The number of hydrogen-bond donors (Lipinski definition) is 1. The zero-order valence-corrected chi connectivity index (χ0v) is 11.6. The third kappa shape index (κ3) is 2.95. The van der Waals surface area contributed by atoms with E-state index in [0.717, 1.165) is 5.56 Å². The number of hydrogen-bond acceptors (Lipinski definition) is 2. The fraction of sp³-hybridized carbons (Fsp3) is 0.467. The van der Waals surface area contributed by atoms with E-state index in [4.69, 9.17) is 0 Å². The van der Waals surface area contributed by atoms with Crippen LogP contribution in [0.4, 0.5) is 0 Å². The van der Waals surface area contributed by atoms with Crippen LogP contribution in [-0.4, -0.2) is 35.3 Å². The predicted octanol–water partition coefficient (Wildman–Crippen LogP) is 1.73. The highest BCUT2D eigenvalue weighted by Crippen LogP contribution is 2.15. The fourth-order valence-electron chi connectivity index (χ4n) is 2.42. The summed E-state index contributed by atoms with van der Waals surface area (Å²) in [5.74, 6) is 0.0200. The highest BCUT2D eigenvalue weighted by molar-refractivity contribution is 5.96. The smallest absolute Gasteiger partial charge is 0.251 e. The van der Waals surface area contributed by atoms with Gasteiger partial charge in [-0.25, -0.2) is 0 Å². The van der Waals surface area contributed by atoms with Crippen molar-refractivity contribution in [1.82, 2.24) is 10.2 Å². The number of carbonyl (C=O) groups excluding carboxylic acids is 2. The first-order valence-electron chi connectivity index (χ1n) is 6.65. The molecular weight excluding hydrogens is 240 g/mol. The Labute approximate surface area is 113 Å². The molecule has 1 aliphatic rings. The van der Waals surface area contributed by atoms with Crippen molar-refractivity contribution in [3.63, 3.8) is 0 Å². The molecule has 4 nitrogen and oxygen atoms in total. The molecule has 1 heterocycles. The van der Waals surface area contributed by atoms with Crippen molar-refractivity contribution < 1.29 is 9.59 Å². The summed E-state index contributed by atoms with van der Waals surface area (Å²) in [5.41, 5.74) is 1.63. The van der Waals surface area contributed by atoms with Crippen molar-refractivity contribution in [2.75, 3.05) is 6.54 Å². The molecule has 0 aromatic heterocycles. The summed E-state index contributed by atoms with van der Waals surface area (Å²) in [6.07, 6.45) is 0.399. The van der Waals surface area contributed by atoms with Gasteiger partial charge >= 0.3 is 0 Å². The lowest BCUT2D eigenvalue weighted by Crippen LogP contribution is -2.39. The summed E-state index contributed by atoms with van der Waals surface area (Å²) in [4.78, 5) is 25.8. The molecule has 4 heteroatoms. The molecule has 1 aromatic rings. The lowest BCUT2D eigenvalue weighted by molar-refractivity contribution is -0.129. The van der Waals surface area contributed by atoms with E-state index in [1.165, 1.54) is 0 Å². The summed E-state index contributed by atoms with van der Waals surface area (Å²) in [5, 5.41) is 2.95. The summed E-state index contributed by atoms with van der Waals surface area (Å²) < 4.78 is 0. The molecule has 2 rings (SSSR count). The van der Waals surface area contributed by atoms with E-state index in [9.17, 15) is 9.59 Å². The molecule has 0 spiro atoms. The van der Waals surface area contributed by atoms with Crippen molar-refractivity contribution in [3.05, 3.63) is 35.4 Å². The molecule has 1 saturated heterocycles. The monoisotopic (exact) mass is 260 g/mol. The second-order valence-electron chi connectivity index (χ2n) is 5.33. The van der Waals surface area contributed by atoms with Gasteiger partial charge in [0.1, 0.15) is 0 Å². The lowest BCUT2D eigenvalue weighted by atomic mass is 10.1. The maximum absolute atomic E-state index is 12.2. The van der Waals surface area contributed by atoms with Crippen molar-refractivity contribution in [2.24, 2.45) is 0 Å². The van der Waals surface area contributed by atoms with Crippen molar-refractivity contribution in [2.45, 2.75) is 39.3 Å². The van der Waals surface area contributed by atoms with Crippen LogP contribution in [0.1, 0.15) is 36.2 Å². The van der Waals surface area contributed by atoms with Crippen LogP contribution >= 0.6 is 0 Å². The topological polar surface area (TPSA) is 49.4 Å². The highest BCUT2D eigenvalue weighted by Gasteiger charge is 2.32. The second-order valence-corrected chi connectivity index (χ2v) is 5.33. The number of carbonyl (C=O) groups is 2. The number of likely N-dealkylation sites (tertiary alicyclic amines) is 1. The van der Waals surface area contributed by atoms with Gasteiger partial charge in [0.05, 0.1) is 6.04 Å². The van der Waals surface area contributed by atoms with Gasteiger partial charge in [0.2, 0.25) is 5.91 Å². The SMILES string of the molecule is Cc1ccccc1C(=O)NC1CC(=O)N(C(C)C)C1. The normalized spacial score (nSPS) is 19.1. The van der Waals surface area contributed by atoms with Crippen LogP contribution < -0.4 is 5.32 Å². The zero-order valence-electron chi connectivity index (χ0n) is 11.6. The fourth-order valence-corrected chi connectivity index (χ4v) is 2.42. The van der Waals surface area contributed by atoms with E-state index in [0.29, 0.717) is 18.5 Å². The number of benzene rings is 1. The summed E-state index contributed by atoms with van der Waals surface area (Å²) in [7, 11) is 0. The molecule has 1 atom stereocenters.